The van der Waals surface area contributed by atoms with Gasteiger partial charge in [-0.25, -0.2) is 0 Å². The zero-order chi connectivity index (χ0) is 9.97. The fraction of sp³-hybridized carbons (Fsp3) is 0.538. The quantitative estimate of drug-likeness (QED) is 0.774. The number of halogens is 1. The number of hydrogen-bond donors (Lipinski definition) is 1. The van der Waals surface area contributed by atoms with E-state index in [0.717, 1.165) is 13.1 Å². The highest BCUT2D eigenvalue weighted by Gasteiger charge is 2.08. The number of benzene rings is 1. The summed E-state index contributed by atoms with van der Waals surface area (Å²) in [5, 5.41) is 3.47. The van der Waals surface area contributed by atoms with Crippen LogP contribution < -0.4 is 5.32 Å². The van der Waals surface area contributed by atoms with Crippen LogP contribution in [-0.2, 0) is 13.0 Å². The number of aryl methyl sites for hydroxylation is 1. The summed E-state index contributed by atoms with van der Waals surface area (Å²) in [6, 6.07) is 6.98. The summed E-state index contributed by atoms with van der Waals surface area (Å²) < 4.78 is 0. The Morgan fingerprint density at radius 1 is 1.20 bits per heavy atom. The summed E-state index contributed by atoms with van der Waals surface area (Å²) in [6.07, 6.45) is 2.51. The summed E-state index contributed by atoms with van der Waals surface area (Å²) in [6.45, 7) is 6.72. The average Bonchev–Trinajstić information content (AvgIpc) is 2.41. The van der Waals surface area contributed by atoms with Gasteiger partial charge in [0.15, 0.2) is 0 Å². The molecular formula is C13H20ClN. The van der Waals surface area contributed by atoms with Gasteiger partial charge in [-0.3, -0.25) is 0 Å². The van der Waals surface area contributed by atoms with E-state index in [4.69, 9.17) is 0 Å². The molecule has 15 heavy (non-hydrogen) atoms. The molecular weight excluding hydrogens is 206 g/mol. The van der Waals surface area contributed by atoms with E-state index in [9.17, 15) is 0 Å². The first kappa shape index (κ1) is 12.5. The fourth-order valence-corrected chi connectivity index (χ4v) is 2.04. The molecule has 1 heterocycles. The first-order valence-electron chi connectivity index (χ1n) is 5.60. The van der Waals surface area contributed by atoms with E-state index in [0.29, 0.717) is 5.92 Å². The Bertz CT molecular complexity index is 320. The van der Waals surface area contributed by atoms with Gasteiger partial charge in [0, 0.05) is 6.54 Å². The minimum Gasteiger partial charge on any atom is -0.313 e. The van der Waals surface area contributed by atoms with E-state index in [-0.39, 0.29) is 12.4 Å². The van der Waals surface area contributed by atoms with Gasteiger partial charge in [0.1, 0.15) is 0 Å². The normalized spacial score (nSPS) is 15.4. The molecule has 0 amide bonds. The molecule has 1 aliphatic heterocycles. The van der Waals surface area contributed by atoms with Crippen molar-refractivity contribution in [3.8, 4) is 0 Å². The fourth-order valence-electron chi connectivity index (χ4n) is 2.04. The standard InChI is InChI=1S/C13H19N.ClH/c1-10(2)12-6-5-11-4-3-7-14-9-13(11)8-12;/h5-6,8,10,14H,3-4,7,9H2,1-2H3;1H. The van der Waals surface area contributed by atoms with Crippen LogP contribution in [0.25, 0.3) is 0 Å². The summed E-state index contributed by atoms with van der Waals surface area (Å²) in [7, 11) is 0. The topological polar surface area (TPSA) is 12.0 Å². The highest BCUT2D eigenvalue weighted by Crippen LogP contribution is 2.21. The van der Waals surface area contributed by atoms with Crippen molar-refractivity contribution < 1.29 is 0 Å². The lowest BCUT2D eigenvalue weighted by Gasteiger charge is -2.10. The lowest BCUT2D eigenvalue weighted by Crippen LogP contribution is -2.12. The van der Waals surface area contributed by atoms with Gasteiger partial charge in [-0.1, -0.05) is 32.0 Å². The third-order valence-corrected chi connectivity index (χ3v) is 3.01. The Kier molecular flexibility index (Phi) is 4.62. The molecule has 1 aliphatic rings. The van der Waals surface area contributed by atoms with Gasteiger partial charge in [0.2, 0.25) is 0 Å². The van der Waals surface area contributed by atoms with Gasteiger partial charge in [0.25, 0.3) is 0 Å². The van der Waals surface area contributed by atoms with Crippen molar-refractivity contribution in [2.75, 3.05) is 6.54 Å². The van der Waals surface area contributed by atoms with Gasteiger partial charge in [-0.2, -0.15) is 0 Å². The molecule has 1 aromatic carbocycles. The number of hydrogen-bond acceptors (Lipinski definition) is 1. The van der Waals surface area contributed by atoms with Crippen LogP contribution in [-0.4, -0.2) is 6.54 Å². The molecule has 0 spiro atoms. The largest absolute Gasteiger partial charge is 0.313 e. The maximum absolute atomic E-state index is 3.47. The smallest absolute Gasteiger partial charge is 0.0208 e. The first-order chi connectivity index (χ1) is 6.77. The molecule has 2 rings (SSSR count). The number of nitrogens with one attached hydrogen (secondary N) is 1. The van der Waals surface area contributed by atoms with E-state index in [1.54, 1.807) is 5.56 Å². The lowest BCUT2D eigenvalue weighted by atomic mass is 9.96. The first-order valence-corrected chi connectivity index (χ1v) is 5.60. The van der Waals surface area contributed by atoms with Crippen molar-refractivity contribution >= 4 is 12.4 Å². The summed E-state index contributed by atoms with van der Waals surface area (Å²) >= 11 is 0. The SMILES string of the molecule is CC(C)c1ccc2c(c1)CNCCC2.Cl. The third kappa shape index (κ3) is 2.96. The highest BCUT2D eigenvalue weighted by molar-refractivity contribution is 5.85. The molecule has 0 unspecified atom stereocenters. The molecule has 1 N–H and O–H groups in total. The Morgan fingerprint density at radius 3 is 2.73 bits per heavy atom. The highest BCUT2D eigenvalue weighted by atomic mass is 35.5. The van der Waals surface area contributed by atoms with E-state index in [1.807, 2.05) is 0 Å². The second kappa shape index (κ2) is 5.53. The zero-order valence-corrected chi connectivity index (χ0v) is 10.4. The van der Waals surface area contributed by atoms with Crippen LogP contribution in [0.3, 0.4) is 0 Å². The van der Waals surface area contributed by atoms with Crippen LogP contribution in [0.1, 0.15) is 42.9 Å². The second-order valence-corrected chi connectivity index (χ2v) is 4.46. The minimum atomic E-state index is 0. The van der Waals surface area contributed by atoms with Gasteiger partial charge < -0.3 is 5.32 Å². The van der Waals surface area contributed by atoms with Crippen molar-refractivity contribution in [2.24, 2.45) is 0 Å². The monoisotopic (exact) mass is 225 g/mol. The maximum atomic E-state index is 3.47. The van der Waals surface area contributed by atoms with Crippen LogP contribution in [0.2, 0.25) is 0 Å². The van der Waals surface area contributed by atoms with E-state index >= 15 is 0 Å². The average molecular weight is 226 g/mol. The molecule has 1 aromatic rings. The minimum absolute atomic E-state index is 0. The predicted molar refractivity (Wildman–Crippen MR) is 67.8 cm³/mol. The molecule has 0 bridgehead atoms. The van der Waals surface area contributed by atoms with Gasteiger partial charge in [0.05, 0.1) is 0 Å². The van der Waals surface area contributed by atoms with Crippen molar-refractivity contribution in [1.82, 2.24) is 5.32 Å². The molecule has 1 nitrogen and oxygen atoms in total. The maximum Gasteiger partial charge on any atom is 0.0208 e. The van der Waals surface area contributed by atoms with Crippen LogP contribution in [0, 0.1) is 0 Å². The van der Waals surface area contributed by atoms with E-state index in [2.05, 4.69) is 37.4 Å². The second-order valence-electron chi connectivity index (χ2n) is 4.46. The van der Waals surface area contributed by atoms with Crippen LogP contribution in [0.4, 0.5) is 0 Å². The Balaban J connectivity index is 0.00000112. The van der Waals surface area contributed by atoms with Gasteiger partial charge in [-0.15, -0.1) is 12.4 Å². The van der Waals surface area contributed by atoms with Crippen molar-refractivity contribution in [3.05, 3.63) is 34.9 Å². The molecule has 0 saturated carbocycles. The molecule has 0 aliphatic carbocycles. The van der Waals surface area contributed by atoms with Crippen LogP contribution in [0.15, 0.2) is 18.2 Å². The molecule has 0 fully saturated rings. The number of fused-ring (bicyclic) bond motifs is 1. The molecule has 0 aromatic heterocycles. The molecule has 84 valence electrons. The van der Waals surface area contributed by atoms with E-state index < -0.39 is 0 Å². The van der Waals surface area contributed by atoms with Gasteiger partial charge >= 0.3 is 0 Å². The van der Waals surface area contributed by atoms with E-state index in [1.165, 1.54) is 24.0 Å². The lowest BCUT2D eigenvalue weighted by molar-refractivity contribution is 0.680. The van der Waals surface area contributed by atoms with Crippen molar-refractivity contribution in [2.45, 2.75) is 39.2 Å². The molecule has 0 saturated heterocycles. The van der Waals surface area contributed by atoms with Crippen molar-refractivity contribution in [1.29, 1.82) is 0 Å². The summed E-state index contributed by atoms with van der Waals surface area (Å²) in [5.41, 5.74) is 4.51. The Labute approximate surface area is 98.7 Å². The third-order valence-electron chi connectivity index (χ3n) is 3.01. The Hall–Kier alpha value is -0.530. The number of rotatable bonds is 1. The molecule has 0 radical (unpaired) electrons. The Morgan fingerprint density at radius 2 is 2.00 bits per heavy atom. The summed E-state index contributed by atoms with van der Waals surface area (Å²) in [5.74, 6) is 0.642. The molecule has 0 atom stereocenters. The van der Waals surface area contributed by atoms with Crippen LogP contribution >= 0.6 is 12.4 Å². The van der Waals surface area contributed by atoms with Crippen LogP contribution in [0.5, 0.6) is 0 Å². The molecule has 2 heteroatoms. The van der Waals surface area contributed by atoms with Gasteiger partial charge in [-0.05, 0) is 42.0 Å². The predicted octanol–water partition coefficient (Wildman–Crippen LogP) is 3.27. The summed E-state index contributed by atoms with van der Waals surface area (Å²) in [4.78, 5) is 0. The van der Waals surface area contributed by atoms with Crippen molar-refractivity contribution in [3.63, 3.8) is 0 Å². The zero-order valence-electron chi connectivity index (χ0n) is 9.55.